The number of aliphatic carboxylic acids is 3. The maximum absolute atomic E-state index is 10.6. The molecule has 37 heavy (non-hydrogen) atoms. The summed E-state index contributed by atoms with van der Waals surface area (Å²) in [7, 11) is 0. The van der Waals surface area contributed by atoms with Crippen molar-refractivity contribution < 1.29 is 92.3 Å². The zero-order chi connectivity index (χ0) is 28.7. The topological polar surface area (TPSA) is 274 Å². The number of carboxylic acids is 3. The molecule has 0 rings (SSSR count). The Balaban J connectivity index is -0.000000218. The first-order valence-electron chi connectivity index (χ1n) is 8.42. The van der Waals surface area contributed by atoms with Crippen molar-refractivity contribution in [3.63, 3.8) is 0 Å². The smallest absolute Gasteiger partial charge is 0.550 e. The van der Waals surface area contributed by atoms with Crippen LogP contribution in [-0.4, -0.2) is 70.9 Å². The van der Waals surface area contributed by atoms with Crippen LogP contribution in [0.3, 0.4) is 0 Å². The quantitative estimate of drug-likeness (QED) is 0.114. The van der Waals surface area contributed by atoms with Gasteiger partial charge in [0.05, 0.1) is 34.9 Å². The molecule has 16 heteroatoms. The van der Waals surface area contributed by atoms with Crippen molar-refractivity contribution in [2.45, 2.75) is 19.3 Å². The summed E-state index contributed by atoms with van der Waals surface area (Å²) in [4.78, 5) is 120. The van der Waals surface area contributed by atoms with Crippen LogP contribution in [0.4, 0.5) is 0 Å². The van der Waals surface area contributed by atoms with Crippen LogP contribution in [0.25, 0.3) is 0 Å². The summed E-state index contributed by atoms with van der Waals surface area (Å²) in [6.45, 7) is 0. The Morgan fingerprint density at radius 3 is 0.757 bits per heavy atom. The number of carbonyl (C=O) groups is 6. The third kappa shape index (κ3) is 22.3. The molecule has 0 N–H and O–H groups in total. The second-order valence-corrected chi connectivity index (χ2v) is 5.27. The summed E-state index contributed by atoms with van der Waals surface area (Å²) in [6.07, 6.45) is -1.28. The van der Waals surface area contributed by atoms with E-state index in [0.29, 0.717) is 18.2 Å². The summed E-state index contributed by atoms with van der Waals surface area (Å²) in [5, 5.41) is 29.7. The molecule has 0 saturated carbocycles. The molecule has 0 spiro atoms. The van der Waals surface area contributed by atoms with Gasteiger partial charge in [0.25, 0.3) is 0 Å². The minimum atomic E-state index is -1.58. The van der Waals surface area contributed by atoms with Gasteiger partial charge in [-0.05, 0) is 0 Å². The van der Waals surface area contributed by atoms with Crippen molar-refractivity contribution in [3.8, 4) is 0 Å². The maximum atomic E-state index is 10.6. The third-order valence-electron chi connectivity index (χ3n) is 2.80. The molecular formula is C21H9O15Rh. The fourth-order valence-electron chi connectivity index (χ4n) is 1.38. The van der Waals surface area contributed by atoms with Gasteiger partial charge in [0, 0.05) is 37.2 Å². The van der Waals surface area contributed by atoms with Gasteiger partial charge in [-0.25, -0.2) is 28.8 Å². The Morgan fingerprint density at radius 2 is 0.649 bits per heavy atom. The average Bonchev–Trinajstić information content (AvgIpc) is 2.80. The fraction of sp³-hybridized carbons (Fsp3) is 0.143. The SMILES string of the molecule is O=C=CC(=O)C(=C=O)CC(=O)[O-].O=C=CC(=O)C(=C=O)CC(=O)[O-].O=C=CC(=O)C(=C=O)CC(=O)[O-].[Rh+3]. The van der Waals surface area contributed by atoms with Gasteiger partial charge in [-0.2, -0.15) is 0 Å². The van der Waals surface area contributed by atoms with E-state index >= 15 is 0 Å². The number of hydrogen-bond acceptors (Lipinski definition) is 15. The Kier molecular flexibility index (Phi) is 25.2. The van der Waals surface area contributed by atoms with Crippen molar-refractivity contribution in [1.29, 1.82) is 0 Å². The molecule has 0 aromatic rings. The first-order chi connectivity index (χ1) is 16.8. The molecule has 0 fully saturated rings. The predicted molar refractivity (Wildman–Crippen MR) is 102 cm³/mol. The summed E-state index contributed by atoms with van der Waals surface area (Å²) in [5.74, 6) is -1.11. The number of carbonyl (C=O) groups excluding carboxylic acids is 12. The average molecular weight is 604 g/mol. The van der Waals surface area contributed by atoms with E-state index in [9.17, 15) is 72.9 Å². The minimum Gasteiger partial charge on any atom is -0.550 e. The van der Waals surface area contributed by atoms with Gasteiger partial charge in [-0.1, -0.05) is 0 Å². The van der Waals surface area contributed by atoms with E-state index in [0.717, 1.165) is 35.6 Å². The first-order valence-corrected chi connectivity index (χ1v) is 8.42. The van der Waals surface area contributed by atoms with E-state index in [2.05, 4.69) is 0 Å². The molecule has 0 aromatic carbocycles. The van der Waals surface area contributed by atoms with Crippen molar-refractivity contribution in [3.05, 3.63) is 34.9 Å². The number of carboxylic acid groups (broad SMARTS) is 3. The molecule has 15 nitrogen and oxygen atoms in total. The van der Waals surface area contributed by atoms with Crippen LogP contribution in [0.2, 0.25) is 0 Å². The molecule has 0 radical (unpaired) electrons. The molecule has 0 saturated heterocycles. The molecule has 0 aliphatic rings. The van der Waals surface area contributed by atoms with E-state index in [1.165, 1.54) is 0 Å². The van der Waals surface area contributed by atoms with Crippen LogP contribution in [0.15, 0.2) is 34.9 Å². The molecule has 0 atom stereocenters. The Morgan fingerprint density at radius 1 is 0.459 bits per heavy atom. The van der Waals surface area contributed by atoms with Crippen molar-refractivity contribution in [2.24, 2.45) is 0 Å². The molecule has 0 aliphatic carbocycles. The number of hydrogen-bond donors (Lipinski definition) is 0. The van der Waals surface area contributed by atoms with E-state index in [1.54, 1.807) is 0 Å². The van der Waals surface area contributed by atoms with Gasteiger partial charge >= 0.3 is 19.5 Å². The van der Waals surface area contributed by atoms with Gasteiger partial charge < -0.3 is 29.7 Å². The molecular weight excluding hydrogens is 595 g/mol. The minimum absolute atomic E-state index is 0. The molecule has 0 heterocycles. The second-order valence-electron chi connectivity index (χ2n) is 5.27. The molecule has 192 valence electrons. The van der Waals surface area contributed by atoms with Crippen LogP contribution in [0, 0.1) is 0 Å². The van der Waals surface area contributed by atoms with Gasteiger partial charge in [0.15, 0.2) is 0 Å². The van der Waals surface area contributed by atoms with E-state index in [1.807, 2.05) is 0 Å². The maximum Gasteiger partial charge on any atom is 3.00 e. The molecule has 0 aromatic heterocycles. The second kappa shape index (κ2) is 23.9. The molecule has 0 unspecified atom stereocenters. The number of ketones is 3. The zero-order valence-corrected chi connectivity index (χ0v) is 19.4. The van der Waals surface area contributed by atoms with E-state index in [-0.39, 0.29) is 19.5 Å². The van der Waals surface area contributed by atoms with Gasteiger partial charge in [0.2, 0.25) is 17.3 Å². The number of allylic oxidation sites excluding steroid dienone is 3. The Hall–Kier alpha value is -5.26. The summed E-state index contributed by atoms with van der Waals surface area (Å²) < 4.78 is 0. The van der Waals surface area contributed by atoms with Crippen LogP contribution in [0.1, 0.15) is 19.3 Å². The first kappa shape index (κ1) is 39.0. The summed E-state index contributed by atoms with van der Waals surface area (Å²) >= 11 is 0. The van der Waals surface area contributed by atoms with Gasteiger partial charge in [-0.15, -0.1) is 0 Å². The Bertz CT molecular complexity index is 1060. The van der Waals surface area contributed by atoms with Gasteiger partial charge in [-0.3, -0.25) is 14.4 Å². The molecule has 0 aliphatic heterocycles. The van der Waals surface area contributed by atoms with Crippen molar-refractivity contribution in [2.75, 3.05) is 0 Å². The fourth-order valence-corrected chi connectivity index (χ4v) is 1.38. The van der Waals surface area contributed by atoms with Gasteiger partial charge in [0.1, 0.15) is 35.6 Å². The summed E-state index contributed by atoms with van der Waals surface area (Å²) in [5.41, 5.74) is -1.96. The normalized spacial score (nSPS) is 7.46. The van der Waals surface area contributed by atoms with Crippen LogP contribution < -0.4 is 15.3 Å². The monoisotopic (exact) mass is 604 g/mol. The zero-order valence-electron chi connectivity index (χ0n) is 17.8. The summed E-state index contributed by atoms with van der Waals surface area (Å²) in [6, 6.07) is 0. The molecule has 0 amide bonds. The van der Waals surface area contributed by atoms with Crippen molar-refractivity contribution >= 4 is 70.9 Å². The van der Waals surface area contributed by atoms with Crippen LogP contribution >= 0.6 is 0 Å². The van der Waals surface area contributed by atoms with Crippen LogP contribution in [-0.2, 0) is 77.0 Å². The molecule has 0 bridgehead atoms. The van der Waals surface area contributed by atoms with E-state index < -0.39 is 71.2 Å². The third-order valence-corrected chi connectivity index (χ3v) is 2.80. The largest absolute Gasteiger partial charge is 3.00 e. The number of rotatable bonds is 12. The predicted octanol–water partition coefficient (Wildman–Crippen LogP) is -6.48. The van der Waals surface area contributed by atoms with Crippen molar-refractivity contribution in [1.82, 2.24) is 0 Å². The Labute approximate surface area is 217 Å². The standard InChI is InChI=1S/3C7H4O5.Rh/c3*8-2-1-6(10)5(4-9)3-7(11)12;/h3*1H,3H2,(H,11,12);/q;;;+3/p-3. The van der Waals surface area contributed by atoms with E-state index in [4.69, 9.17) is 0 Å². The van der Waals surface area contributed by atoms with Crippen LogP contribution in [0.5, 0.6) is 0 Å².